The van der Waals surface area contributed by atoms with Crippen molar-refractivity contribution in [2.24, 2.45) is 0 Å². The van der Waals surface area contributed by atoms with E-state index in [0.29, 0.717) is 13.1 Å². The van der Waals surface area contributed by atoms with Crippen LogP contribution in [0.5, 0.6) is 0 Å². The molecule has 4 rings (SSSR count). The number of aromatic nitrogens is 2. The van der Waals surface area contributed by atoms with Crippen molar-refractivity contribution in [3.05, 3.63) is 12.4 Å². The molecule has 1 N–H and O–H groups in total. The van der Waals surface area contributed by atoms with E-state index in [1.165, 1.54) is 0 Å². The average molecular weight is 404 g/mol. The van der Waals surface area contributed by atoms with Crippen molar-refractivity contribution < 1.29 is 8.78 Å². The van der Waals surface area contributed by atoms with Crippen LogP contribution in [0, 0.1) is 0 Å². The van der Waals surface area contributed by atoms with E-state index in [4.69, 9.17) is 0 Å². The number of halogens is 3. The Morgan fingerprint density at radius 1 is 1.12 bits per heavy atom. The lowest BCUT2D eigenvalue weighted by atomic mass is 10.0. The maximum atomic E-state index is 13.4. The summed E-state index contributed by atoms with van der Waals surface area (Å²) in [4.78, 5) is 13.3. The Balaban J connectivity index is 0.00000196. The molecule has 0 atom stereocenters. The Morgan fingerprint density at radius 3 is 2.54 bits per heavy atom. The number of anilines is 2. The van der Waals surface area contributed by atoms with Crippen molar-refractivity contribution in [2.45, 2.75) is 38.2 Å². The molecule has 0 bridgehead atoms. The van der Waals surface area contributed by atoms with Crippen LogP contribution in [0.4, 0.5) is 19.6 Å². The normalized spacial score (nSPS) is 22.3. The van der Waals surface area contributed by atoms with E-state index in [-0.39, 0.29) is 30.8 Å². The Kier molecular flexibility index (Phi) is 5.29. The van der Waals surface area contributed by atoms with Gasteiger partial charge in [0, 0.05) is 51.1 Å². The molecule has 5 nitrogen and oxygen atoms in total. The van der Waals surface area contributed by atoms with Gasteiger partial charge in [-0.15, -0.1) is 23.7 Å². The number of alkyl halides is 2. The molecule has 144 valence electrons. The summed E-state index contributed by atoms with van der Waals surface area (Å²) in [7, 11) is 0. The highest BCUT2D eigenvalue weighted by molar-refractivity contribution is 7.23. The molecule has 26 heavy (non-hydrogen) atoms. The van der Waals surface area contributed by atoms with Gasteiger partial charge in [0.15, 0.2) is 0 Å². The highest BCUT2D eigenvalue weighted by atomic mass is 35.5. The molecule has 2 aliphatic rings. The van der Waals surface area contributed by atoms with E-state index in [2.05, 4.69) is 38.9 Å². The van der Waals surface area contributed by atoms with Gasteiger partial charge in [-0.05, 0) is 19.9 Å². The third kappa shape index (κ3) is 3.87. The molecule has 4 heterocycles. The fraction of sp³-hybridized carbons (Fsp3) is 0.647. The van der Waals surface area contributed by atoms with E-state index in [1.54, 1.807) is 17.7 Å². The van der Waals surface area contributed by atoms with Crippen LogP contribution >= 0.6 is 23.7 Å². The smallest absolute Gasteiger partial charge is 0.251 e. The van der Waals surface area contributed by atoms with Gasteiger partial charge < -0.3 is 15.1 Å². The minimum absolute atomic E-state index is 0. The van der Waals surface area contributed by atoms with Crippen LogP contribution < -0.4 is 15.1 Å². The molecule has 0 unspecified atom stereocenters. The number of fused-ring (bicyclic) bond motifs is 1. The molecule has 2 aromatic heterocycles. The molecule has 0 spiro atoms. The van der Waals surface area contributed by atoms with Gasteiger partial charge >= 0.3 is 0 Å². The van der Waals surface area contributed by atoms with Crippen LogP contribution in [0.3, 0.4) is 0 Å². The summed E-state index contributed by atoms with van der Waals surface area (Å²) >= 11 is 1.62. The Bertz CT molecular complexity index is 772. The largest absolute Gasteiger partial charge is 0.363 e. The zero-order valence-corrected chi connectivity index (χ0v) is 16.6. The highest BCUT2D eigenvalue weighted by Gasteiger charge is 2.35. The molecule has 0 amide bonds. The van der Waals surface area contributed by atoms with Crippen LogP contribution in [0.25, 0.3) is 10.2 Å². The number of thiophene rings is 1. The fourth-order valence-electron chi connectivity index (χ4n) is 3.59. The summed E-state index contributed by atoms with van der Waals surface area (Å²) in [5, 5.41) is 4.53. The van der Waals surface area contributed by atoms with Gasteiger partial charge in [0.25, 0.3) is 5.92 Å². The van der Waals surface area contributed by atoms with Crippen molar-refractivity contribution in [3.8, 4) is 0 Å². The second-order valence-corrected chi connectivity index (χ2v) is 8.60. The van der Waals surface area contributed by atoms with Gasteiger partial charge in [-0.3, -0.25) is 0 Å². The second kappa shape index (κ2) is 7.05. The lowest BCUT2D eigenvalue weighted by Gasteiger charge is -2.39. The molecule has 0 saturated carbocycles. The molecule has 2 aromatic rings. The predicted molar refractivity (Wildman–Crippen MR) is 105 cm³/mol. The SMILES string of the molecule is CC1(C)CN(c2ncnc3cc(N4CCC(F)(F)CC4)sc23)CCN1.Cl. The average Bonchev–Trinajstić information content (AvgIpc) is 2.97. The molecule has 2 fully saturated rings. The van der Waals surface area contributed by atoms with Crippen LogP contribution in [-0.4, -0.2) is 54.2 Å². The predicted octanol–water partition coefficient (Wildman–Crippen LogP) is 3.54. The van der Waals surface area contributed by atoms with Gasteiger partial charge in [-0.2, -0.15) is 0 Å². The number of piperidine rings is 1. The molecule has 2 aliphatic heterocycles. The second-order valence-electron chi connectivity index (χ2n) is 7.57. The minimum atomic E-state index is -2.52. The van der Waals surface area contributed by atoms with Crippen LogP contribution in [0.2, 0.25) is 0 Å². The number of nitrogens with zero attached hydrogens (tertiary/aromatic N) is 4. The van der Waals surface area contributed by atoms with E-state index in [9.17, 15) is 8.78 Å². The van der Waals surface area contributed by atoms with Gasteiger partial charge in [-0.25, -0.2) is 18.7 Å². The number of hydrogen-bond acceptors (Lipinski definition) is 6. The van der Waals surface area contributed by atoms with Gasteiger partial charge in [0.05, 0.1) is 15.2 Å². The zero-order valence-electron chi connectivity index (χ0n) is 15.0. The Labute approximate surface area is 162 Å². The Hall–Kier alpha value is -1.25. The first-order valence-corrected chi connectivity index (χ1v) is 9.52. The maximum Gasteiger partial charge on any atom is 0.251 e. The van der Waals surface area contributed by atoms with Gasteiger partial charge in [0.1, 0.15) is 12.1 Å². The summed E-state index contributed by atoms with van der Waals surface area (Å²) in [6.45, 7) is 7.85. The summed E-state index contributed by atoms with van der Waals surface area (Å²) in [5.41, 5.74) is 0.937. The monoisotopic (exact) mass is 403 g/mol. The molecular weight excluding hydrogens is 380 g/mol. The standard InChI is InChI=1S/C17H23F2N5S.ClH/c1-16(2)10-24(8-5-22-16)15-14-12(20-11-21-15)9-13(25-14)23-6-3-17(18,19)4-7-23;/h9,11,22H,3-8,10H2,1-2H3;1H. The topological polar surface area (TPSA) is 44.3 Å². The van der Waals surface area contributed by atoms with Crippen molar-refractivity contribution in [1.29, 1.82) is 0 Å². The molecule has 2 saturated heterocycles. The first-order chi connectivity index (χ1) is 11.8. The van der Waals surface area contributed by atoms with Crippen molar-refractivity contribution in [3.63, 3.8) is 0 Å². The van der Waals surface area contributed by atoms with Crippen LogP contribution in [-0.2, 0) is 0 Å². The summed E-state index contributed by atoms with van der Waals surface area (Å²) in [5.74, 6) is -1.57. The van der Waals surface area contributed by atoms with Gasteiger partial charge in [0.2, 0.25) is 0 Å². The van der Waals surface area contributed by atoms with E-state index < -0.39 is 5.92 Å². The van der Waals surface area contributed by atoms with E-state index in [1.807, 2.05) is 6.07 Å². The minimum Gasteiger partial charge on any atom is -0.363 e. The summed E-state index contributed by atoms with van der Waals surface area (Å²) in [6.07, 6.45) is 1.45. The summed E-state index contributed by atoms with van der Waals surface area (Å²) < 4.78 is 27.9. The Morgan fingerprint density at radius 2 is 1.85 bits per heavy atom. The molecule has 9 heteroatoms. The molecule has 0 aliphatic carbocycles. The zero-order chi connectivity index (χ0) is 17.7. The number of piperazine rings is 1. The number of hydrogen-bond donors (Lipinski definition) is 1. The van der Waals surface area contributed by atoms with Crippen molar-refractivity contribution >= 4 is 44.8 Å². The molecule has 0 aromatic carbocycles. The van der Waals surface area contributed by atoms with Gasteiger partial charge in [-0.1, -0.05) is 0 Å². The number of rotatable bonds is 2. The third-order valence-corrected chi connectivity index (χ3v) is 6.14. The molecule has 0 radical (unpaired) electrons. The lowest BCUT2D eigenvalue weighted by molar-refractivity contribution is -0.0219. The third-order valence-electron chi connectivity index (χ3n) is 4.96. The van der Waals surface area contributed by atoms with Crippen LogP contribution in [0.1, 0.15) is 26.7 Å². The fourth-order valence-corrected chi connectivity index (χ4v) is 4.77. The highest BCUT2D eigenvalue weighted by Crippen LogP contribution is 2.39. The lowest BCUT2D eigenvalue weighted by Crippen LogP contribution is -2.57. The first-order valence-electron chi connectivity index (χ1n) is 8.70. The molecular formula is C17H24ClF2N5S. The first kappa shape index (κ1) is 19.5. The van der Waals surface area contributed by atoms with Crippen molar-refractivity contribution in [1.82, 2.24) is 15.3 Å². The van der Waals surface area contributed by atoms with Crippen molar-refractivity contribution in [2.75, 3.05) is 42.5 Å². The number of nitrogens with one attached hydrogen (secondary N) is 1. The van der Waals surface area contributed by atoms with E-state index in [0.717, 1.165) is 40.7 Å². The maximum absolute atomic E-state index is 13.4. The summed E-state index contributed by atoms with van der Waals surface area (Å²) in [6, 6.07) is 2.02. The quantitative estimate of drug-likeness (QED) is 0.830. The van der Waals surface area contributed by atoms with Crippen LogP contribution in [0.15, 0.2) is 12.4 Å². The van der Waals surface area contributed by atoms with E-state index >= 15 is 0 Å².